The zero-order valence-electron chi connectivity index (χ0n) is 12.9. The lowest BCUT2D eigenvalue weighted by atomic mass is 10.2. The molecule has 1 atom stereocenters. The number of ether oxygens (including phenoxy) is 1. The van der Waals surface area contributed by atoms with E-state index in [0.29, 0.717) is 5.75 Å². The van der Waals surface area contributed by atoms with E-state index in [1.807, 2.05) is 54.6 Å². The lowest BCUT2D eigenvalue weighted by molar-refractivity contribution is 0.268. The van der Waals surface area contributed by atoms with Crippen LogP contribution in [0.2, 0.25) is 0 Å². The summed E-state index contributed by atoms with van der Waals surface area (Å²) in [6.45, 7) is 0. The van der Waals surface area contributed by atoms with Gasteiger partial charge in [0, 0.05) is 19.9 Å². The molecule has 6 heteroatoms. The number of anilines is 1. The highest BCUT2D eigenvalue weighted by Gasteiger charge is 2.35. The van der Waals surface area contributed by atoms with E-state index in [-0.39, 0.29) is 0 Å². The summed E-state index contributed by atoms with van der Waals surface area (Å²) >= 11 is 0. The second-order valence-corrected chi connectivity index (χ2v) is 6.92. The Kier molecular flexibility index (Phi) is 5.61. The van der Waals surface area contributed by atoms with Gasteiger partial charge in [0.25, 0.3) is 0 Å². The Labute approximate surface area is 130 Å². The minimum absolute atomic E-state index is 0.639. The third-order valence-corrected chi connectivity index (χ3v) is 5.39. The van der Waals surface area contributed by atoms with E-state index in [2.05, 4.69) is 5.32 Å². The van der Waals surface area contributed by atoms with Gasteiger partial charge in [0.05, 0.1) is 7.11 Å². The molecule has 0 aliphatic heterocycles. The van der Waals surface area contributed by atoms with Gasteiger partial charge in [0.2, 0.25) is 0 Å². The minimum atomic E-state index is -3.38. The first-order valence-electron chi connectivity index (χ1n) is 6.79. The largest absolute Gasteiger partial charge is 0.497 e. The van der Waals surface area contributed by atoms with Crippen molar-refractivity contribution in [2.75, 3.05) is 26.6 Å². The Balaban J connectivity index is 2.43. The molecule has 0 aromatic heterocycles. The maximum Gasteiger partial charge on any atom is 0.356 e. The Morgan fingerprint density at radius 2 is 1.64 bits per heavy atom. The predicted molar refractivity (Wildman–Crippen MR) is 87.4 cm³/mol. The average Bonchev–Trinajstić information content (AvgIpc) is 2.60. The molecule has 0 bridgehead atoms. The number of para-hydroxylation sites is 1. The monoisotopic (exact) mass is 321 g/mol. The van der Waals surface area contributed by atoms with Crippen molar-refractivity contribution in [1.82, 2.24) is 0 Å². The predicted octanol–water partition coefficient (Wildman–Crippen LogP) is 4.29. The molecule has 0 aliphatic carbocycles. The number of nitrogens with one attached hydrogen (secondary N) is 1. The molecule has 1 unspecified atom stereocenters. The fourth-order valence-electron chi connectivity index (χ4n) is 2.13. The van der Waals surface area contributed by atoms with E-state index in [9.17, 15) is 4.57 Å². The molecule has 2 rings (SSSR count). The van der Waals surface area contributed by atoms with Crippen molar-refractivity contribution in [3.05, 3.63) is 60.2 Å². The van der Waals surface area contributed by atoms with Crippen LogP contribution in [0.1, 0.15) is 11.3 Å². The molecule has 0 fully saturated rings. The lowest BCUT2D eigenvalue weighted by Gasteiger charge is -2.26. The summed E-state index contributed by atoms with van der Waals surface area (Å²) in [7, 11) is 0.971. The van der Waals surface area contributed by atoms with E-state index in [0.717, 1.165) is 11.3 Å². The quantitative estimate of drug-likeness (QED) is 0.771. The van der Waals surface area contributed by atoms with E-state index < -0.39 is 13.4 Å². The second-order valence-electron chi connectivity index (χ2n) is 4.59. The van der Waals surface area contributed by atoms with E-state index in [1.54, 1.807) is 7.11 Å². The highest BCUT2D eigenvalue weighted by atomic mass is 31.2. The van der Waals surface area contributed by atoms with Gasteiger partial charge < -0.3 is 19.1 Å². The van der Waals surface area contributed by atoms with Crippen LogP contribution in [-0.2, 0) is 13.6 Å². The summed E-state index contributed by atoms with van der Waals surface area (Å²) < 4.78 is 28.5. The van der Waals surface area contributed by atoms with Crippen LogP contribution in [0.5, 0.6) is 5.75 Å². The van der Waals surface area contributed by atoms with Crippen molar-refractivity contribution in [2.24, 2.45) is 0 Å². The van der Waals surface area contributed by atoms with Crippen molar-refractivity contribution in [1.29, 1.82) is 0 Å². The molecule has 0 amide bonds. The standard InChI is InChI=1S/C16H20NO4P/c1-19-15-11-7-8-13(12-15)16(22(18,20-2)21-3)17-14-9-5-4-6-10-14/h4-12,16-17H,1-3H3. The highest BCUT2D eigenvalue weighted by molar-refractivity contribution is 7.54. The summed E-state index contributed by atoms with van der Waals surface area (Å²) in [6, 6.07) is 16.8. The molecule has 0 saturated carbocycles. The Bertz CT molecular complexity index is 640. The lowest BCUT2D eigenvalue weighted by Crippen LogP contribution is -2.13. The van der Waals surface area contributed by atoms with Gasteiger partial charge in [0.1, 0.15) is 5.75 Å². The zero-order valence-corrected chi connectivity index (χ0v) is 13.7. The van der Waals surface area contributed by atoms with Crippen LogP contribution in [0, 0.1) is 0 Å². The van der Waals surface area contributed by atoms with Crippen molar-refractivity contribution in [3.63, 3.8) is 0 Å². The average molecular weight is 321 g/mol. The zero-order chi connectivity index (χ0) is 16.0. The van der Waals surface area contributed by atoms with Crippen LogP contribution in [0.4, 0.5) is 5.69 Å². The fourth-order valence-corrected chi connectivity index (χ4v) is 3.54. The van der Waals surface area contributed by atoms with Crippen molar-refractivity contribution >= 4 is 13.3 Å². The normalized spacial score (nSPS) is 12.7. The van der Waals surface area contributed by atoms with Gasteiger partial charge in [-0.15, -0.1) is 0 Å². The fraction of sp³-hybridized carbons (Fsp3) is 0.250. The van der Waals surface area contributed by atoms with Crippen LogP contribution >= 0.6 is 7.60 Å². The summed E-state index contributed by atoms with van der Waals surface area (Å²) in [5, 5.41) is 3.22. The molecular weight excluding hydrogens is 301 g/mol. The highest BCUT2D eigenvalue weighted by Crippen LogP contribution is 2.59. The van der Waals surface area contributed by atoms with Crippen LogP contribution in [-0.4, -0.2) is 21.3 Å². The summed E-state index contributed by atoms with van der Waals surface area (Å²) in [5.41, 5.74) is 1.58. The Morgan fingerprint density at radius 1 is 0.955 bits per heavy atom. The van der Waals surface area contributed by atoms with Crippen LogP contribution in [0.25, 0.3) is 0 Å². The minimum Gasteiger partial charge on any atom is -0.497 e. The summed E-state index contributed by atoms with van der Waals surface area (Å²) in [5.74, 6) is 0.0381. The van der Waals surface area contributed by atoms with E-state index >= 15 is 0 Å². The van der Waals surface area contributed by atoms with Crippen molar-refractivity contribution in [2.45, 2.75) is 5.78 Å². The molecule has 5 nitrogen and oxygen atoms in total. The third kappa shape index (κ3) is 3.69. The van der Waals surface area contributed by atoms with Gasteiger partial charge in [-0.2, -0.15) is 0 Å². The first kappa shape index (κ1) is 16.6. The maximum absolute atomic E-state index is 12.9. The maximum atomic E-state index is 12.9. The van der Waals surface area contributed by atoms with Crippen LogP contribution < -0.4 is 10.1 Å². The smallest absolute Gasteiger partial charge is 0.356 e. The van der Waals surface area contributed by atoms with Gasteiger partial charge >= 0.3 is 7.60 Å². The van der Waals surface area contributed by atoms with Crippen molar-refractivity contribution in [3.8, 4) is 5.75 Å². The van der Waals surface area contributed by atoms with Gasteiger partial charge in [-0.25, -0.2) is 0 Å². The number of rotatable bonds is 7. The third-order valence-electron chi connectivity index (χ3n) is 3.31. The van der Waals surface area contributed by atoms with Gasteiger partial charge in [0.15, 0.2) is 5.78 Å². The Hall–Kier alpha value is -1.81. The first-order valence-corrected chi connectivity index (χ1v) is 8.41. The number of methoxy groups -OCH3 is 1. The molecular formula is C16H20NO4P. The molecule has 0 spiro atoms. The summed E-state index contributed by atoms with van der Waals surface area (Å²) in [4.78, 5) is 0. The molecule has 0 heterocycles. The molecule has 1 N–H and O–H groups in total. The van der Waals surface area contributed by atoms with Crippen LogP contribution in [0.15, 0.2) is 54.6 Å². The Morgan fingerprint density at radius 3 is 2.23 bits per heavy atom. The van der Waals surface area contributed by atoms with Gasteiger partial charge in [-0.05, 0) is 29.8 Å². The number of benzene rings is 2. The van der Waals surface area contributed by atoms with E-state index in [1.165, 1.54) is 14.2 Å². The van der Waals surface area contributed by atoms with Gasteiger partial charge in [-0.3, -0.25) is 4.57 Å². The first-order chi connectivity index (χ1) is 10.6. The number of hydrogen-bond acceptors (Lipinski definition) is 5. The van der Waals surface area contributed by atoms with Gasteiger partial charge in [-0.1, -0.05) is 30.3 Å². The van der Waals surface area contributed by atoms with Crippen LogP contribution in [0.3, 0.4) is 0 Å². The molecule has 0 radical (unpaired) electrons. The van der Waals surface area contributed by atoms with Crippen molar-refractivity contribution < 1.29 is 18.3 Å². The summed E-state index contributed by atoms with van der Waals surface area (Å²) in [6.07, 6.45) is 0. The number of hydrogen-bond donors (Lipinski definition) is 1. The topological polar surface area (TPSA) is 56.8 Å². The SMILES string of the molecule is COc1cccc(C(Nc2ccccc2)P(=O)(OC)OC)c1. The molecule has 118 valence electrons. The van der Waals surface area contributed by atoms with E-state index in [4.69, 9.17) is 13.8 Å². The molecule has 2 aromatic rings. The molecule has 2 aromatic carbocycles. The molecule has 22 heavy (non-hydrogen) atoms. The molecule has 0 aliphatic rings. The second kappa shape index (κ2) is 7.45. The molecule has 0 saturated heterocycles.